The quantitative estimate of drug-likeness (QED) is 0.281. The van der Waals surface area contributed by atoms with Crippen LogP contribution in [0.3, 0.4) is 0 Å². The summed E-state index contributed by atoms with van der Waals surface area (Å²) in [6.45, 7) is 1.72. The first-order valence-electron chi connectivity index (χ1n) is 6.11. The van der Waals surface area contributed by atoms with Gasteiger partial charge in [0.25, 0.3) is 5.91 Å². The van der Waals surface area contributed by atoms with Crippen LogP contribution < -0.4 is 11.1 Å². The van der Waals surface area contributed by atoms with Gasteiger partial charge in [-0.05, 0) is 37.3 Å². The van der Waals surface area contributed by atoms with Crippen molar-refractivity contribution in [2.24, 2.45) is 16.8 Å². The van der Waals surface area contributed by atoms with E-state index in [2.05, 4.69) is 10.5 Å². The van der Waals surface area contributed by atoms with Crippen molar-refractivity contribution in [3.63, 3.8) is 0 Å². The third-order valence-electron chi connectivity index (χ3n) is 3.30. The molecule has 19 heavy (non-hydrogen) atoms. The average molecular weight is 263 g/mol. The zero-order valence-electron chi connectivity index (χ0n) is 10.6. The van der Waals surface area contributed by atoms with Crippen LogP contribution in [0, 0.1) is 12.8 Å². The number of aromatic hydroxyl groups is 1. The molecule has 0 spiro atoms. The van der Waals surface area contributed by atoms with Crippen LogP contribution in [-0.4, -0.2) is 28.1 Å². The number of aryl methyl sites for hydroxylation is 1. The van der Waals surface area contributed by atoms with Gasteiger partial charge in [-0.1, -0.05) is 17.3 Å². The summed E-state index contributed by atoms with van der Waals surface area (Å²) in [6.07, 6.45) is 1.86. The third-order valence-corrected chi connectivity index (χ3v) is 3.30. The number of carbonyl (C=O) groups excluding carboxylic acids is 1. The molecule has 1 atom stereocenters. The van der Waals surface area contributed by atoms with Crippen molar-refractivity contribution < 1.29 is 15.1 Å². The second kappa shape index (κ2) is 5.17. The van der Waals surface area contributed by atoms with E-state index in [9.17, 15) is 9.90 Å². The minimum atomic E-state index is -0.489. The summed E-state index contributed by atoms with van der Waals surface area (Å²) >= 11 is 0. The summed E-state index contributed by atoms with van der Waals surface area (Å²) in [5.41, 5.74) is 6.39. The first-order valence-corrected chi connectivity index (χ1v) is 6.11. The van der Waals surface area contributed by atoms with Crippen molar-refractivity contribution >= 4 is 11.7 Å². The predicted molar refractivity (Wildman–Crippen MR) is 70.2 cm³/mol. The van der Waals surface area contributed by atoms with Gasteiger partial charge < -0.3 is 21.4 Å². The molecule has 102 valence electrons. The highest BCUT2D eigenvalue weighted by atomic mass is 16.4. The number of para-hydroxylation sites is 1. The Bertz CT molecular complexity index is 524. The smallest absolute Gasteiger partial charge is 0.255 e. The maximum Gasteiger partial charge on any atom is 0.255 e. The Morgan fingerprint density at radius 1 is 1.53 bits per heavy atom. The monoisotopic (exact) mass is 263 g/mol. The summed E-state index contributed by atoms with van der Waals surface area (Å²) < 4.78 is 0. The minimum Gasteiger partial charge on any atom is -0.507 e. The van der Waals surface area contributed by atoms with Gasteiger partial charge in [0.2, 0.25) is 0 Å². The fraction of sp³-hybridized carbons (Fsp3) is 0.385. The van der Waals surface area contributed by atoms with Gasteiger partial charge >= 0.3 is 0 Å². The molecule has 0 aliphatic heterocycles. The number of nitrogens with two attached hydrogens (primary N) is 1. The Balaban J connectivity index is 2.17. The number of rotatable bonds is 4. The van der Waals surface area contributed by atoms with Gasteiger partial charge in [-0.25, -0.2) is 0 Å². The number of benzene rings is 1. The van der Waals surface area contributed by atoms with Gasteiger partial charge in [-0.2, -0.15) is 0 Å². The lowest BCUT2D eigenvalue weighted by molar-refractivity contribution is 0.0940. The number of amidine groups is 1. The Labute approximate surface area is 110 Å². The van der Waals surface area contributed by atoms with Crippen molar-refractivity contribution in [1.29, 1.82) is 0 Å². The van der Waals surface area contributed by atoms with Gasteiger partial charge in [0.1, 0.15) is 5.75 Å². The van der Waals surface area contributed by atoms with Crippen molar-refractivity contribution in [2.75, 3.05) is 0 Å². The average Bonchev–Trinajstić information content (AvgIpc) is 3.22. The Morgan fingerprint density at radius 2 is 2.21 bits per heavy atom. The zero-order chi connectivity index (χ0) is 14.0. The number of phenols is 1. The second-order valence-electron chi connectivity index (χ2n) is 4.78. The number of oxime groups is 1. The highest BCUT2D eigenvalue weighted by molar-refractivity contribution is 6.00. The molecule has 6 heteroatoms. The molecule has 0 bridgehead atoms. The summed E-state index contributed by atoms with van der Waals surface area (Å²) in [7, 11) is 0. The predicted octanol–water partition coefficient (Wildman–Crippen LogP) is 0.955. The molecular formula is C13H17N3O3. The molecule has 0 aromatic heterocycles. The van der Waals surface area contributed by atoms with Gasteiger partial charge in [0, 0.05) is 0 Å². The zero-order valence-corrected chi connectivity index (χ0v) is 10.6. The molecule has 0 saturated heterocycles. The van der Waals surface area contributed by atoms with E-state index in [0.717, 1.165) is 12.8 Å². The molecule has 1 aliphatic carbocycles. The molecule has 6 nitrogen and oxygen atoms in total. The summed E-state index contributed by atoms with van der Waals surface area (Å²) in [5.74, 6) is -0.284. The van der Waals surface area contributed by atoms with E-state index >= 15 is 0 Å². The van der Waals surface area contributed by atoms with Crippen LogP contribution in [0.15, 0.2) is 23.4 Å². The standard InChI is InChI=1S/C13H17N3O3/c1-7-3-2-4-9(11(7)17)13(18)15-10(8-5-6-8)12(14)16-19/h2-4,8,10,17,19H,5-6H2,1H3,(H2,14,16)(H,15,18). The first-order chi connectivity index (χ1) is 9.04. The maximum atomic E-state index is 12.1. The molecule has 0 heterocycles. The molecule has 1 aliphatic rings. The first kappa shape index (κ1) is 13.2. The van der Waals surface area contributed by atoms with E-state index in [1.807, 2.05) is 0 Å². The topological polar surface area (TPSA) is 108 Å². The maximum absolute atomic E-state index is 12.1. The number of carbonyl (C=O) groups is 1. The Hall–Kier alpha value is -2.24. The second-order valence-corrected chi connectivity index (χ2v) is 4.78. The van der Waals surface area contributed by atoms with E-state index in [4.69, 9.17) is 10.9 Å². The van der Waals surface area contributed by atoms with Crippen LogP contribution in [0.5, 0.6) is 5.75 Å². The van der Waals surface area contributed by atoms with Crippen LogP contribution in [0.4, 0.5) is 0 Å². The number of amides is 1. The van der Waals surface area contributed by atoms with Crippen molar-refractivity contribution in [3.8, 4) is 5.75 Å². The third kappa shape index (κ3) is 2.78. The van der Waals surface area contributed by atoms with Crippen LogP contribution in [0.25, 0.3) is 0 Å². The molecule has 1 unspecified atom stereocenters. The Morgan fingerprint density at radius 3 is 2.79 bits per heavy atom. The lowest BCUT2D eigenvalue weighted by atomic mass is 10.1. The molecule has 0 radical (unpaired) electrons. The lowest BCUT2D eigenvalue weighted by Crippen LogP contribution is -2.46. The molecular weight excluding hydrogens is 246 g/mol. The van der Waals surface area contributed by atoms with Gasteiger partial charge in [0.15, 0.2) is 5.84 Å². The molecule has 2 rings (SSSR count). The van der Waals surface area contributed by atoms with Crippen LogP contribution in [0.2, 0.25) is 0 Å². The van der Waals surface area contributed by atoms with E-state index in [1.165, 1.54) is 6.07 Å². The van der Waals surface area contributed by atoms with E-state index in [0.29, 0.717) is 5.56 Å². The molecule has 1 aromatic rings. The van der Waals surface area contributed by atoms with Gasteiger partial charge in [-0.3, -0.25) is 4.79 Å². The summed E-state index contributed by atoms with van der Waals surface area (Å²) in [6, 6.07) is 4.46. The largest absolute Gasteiger partial charge is 0.507 e. The molecule has 1 amide bonds. The fourth-order valence-corrected chi connectivity index (χ4v) is 1.99. The SMILES string of the molecule is Cc1cccc(C(=O)NC(C(N)=NO)C2CC2)c1O. The van der Waals surface area contributed by atoms with E-state index in [-0.39, 0.29) is 23.1 Å². The van der Waals surface area contributed by atoms with Crippen molar-refractivity contribution in [2.45, 2.75) is 25.8 Å². The number of nitrogens with one attached hydrogen (secondary N) is 1. The van der Waals surface area contributed by atoms with Gasteiger partial charge in [0.05, 0.1) is 11.6 Å². The normalized spacial score (nSPS) is 17.0. The Kier molecular flexibility index (Phi) is 3.59. The van der Waals surface area contributed by atoms with Crippen molar-refractivity contribution in [3.05, 3.63) is 29.3 Å². The van der Waals surface area contributed by atoms with Gasteiger partial charge in [-0.15, -0.1) is 0 Å². The van der Waals surface area contributed by atoms with Crippen LogP contribution in [-0.2, 0) is 0 Å². The van der Waals surface area contributed by atoms with Crippen LogP contribution in [0.1, 0.15) is 28.8 Å². The van der Waals surface area contributed by atoms with Crippen LogP contribution >= 0.6 is 0 Å². The number of nitrogens with zero attached hydrogens (tertiary/aromatic N) is 1. The summed E-state index contributed by atoms with van der Waals surface area (Å²) in [4.78, 5) is 12.1. The molecule has 1 fully saturated rings. The molecule has 1 aromatic carbocycles. The number of hydrogen-bond donors (Lipinski definition) is 4. The number of hydrogen-bond acceptors (Lipinski definition) is 4. The van der Waals surface area contributed by atoms with E-state index in [1.54, 1.807) is 19.1 Å². The molecule has 5 N–H and O–H groups in total. The lowest BCUT2D eigenvalue weighted by Gasteiger charge is -2.17. The molecule has 1 saturated carbocycles. The number of phenolic OH excluding ortho intramolecular Hbond substituents is 1. The highest BCUT2D eigenvalue weighted by Crippen LogP contribution is 2.33. The van der Waals surface area contributed by atoms with E-state index < -0.39 is 11.9 Å². The summed E-state index contributed by atoms with van der Waals surface area (Å²) in [5, 5.41) is 24.2. The highest BCUT2D eigenvalue weighted by Gasteiger charge is 2.35. The minimum absolute atomic E-state index is 0.0111. The van der Waals surface area contributed by atoms with Crippen molar-refractivity contribution in [1.82, 2.24) is 5.32 Å². The fourth-order valence-electron chi connectivity index (χ4n) is 1.99.